The van der Waals surface area contributed by atoms with Crippen LogP contribution in [0.2, 0.25) is 0 Å². The van der Waals surface area contributed by atoms with E-state index in [0.717, 1.165) is 46.2 Å². The summed E-state index contributed by atoms with van der Waals surface area (Å²) in [6.07, 6.45) is 2.17. The summed E-state index contributed by atoms with van der Waals surface area (Å²) in [6.45, 7) is 7.32. The molecule has 6 nitrogen and oxygen atoms in total. The molecule has 1 fully saturated rings. The maximum Gasteiger partial charge on any atom is 0.410 e. The van der Waals surface area contributed by atoms with Gasteiger partial charge in [0.1, 0.15) is 5.60 Å². The molecule has 6 heteroatoms. The Morgan fingerprint density at radius 3 is 2.22 bits per heavy atom. The zero-order valence-corrected chi connectivity index (χ0v) is 24.6. The van der Waals surface area contributed by atoms with E-state index in [2.05, 4.69) is 42.5 Å². The van der Waals surface area contributed by atoms with E-state index in [4.69, 9.17) is 9.47 Å². The monoisotopic (exact) mass is 552 g/mol. The van der Waals surface area contributed by atoms with E-state index >= 15 is 0 Å². The highest BCUT2D eigenvalue weighted by atomic mass is 16.6. The highest BCUT2D eigenvalue weighted by molar-refractivity contribution is 6.03. The summed E-state index contributed by atoms with van der Waals surface area (Å²) in [5.41, 5.74) is 6.48. The molecule has 214 valence electrons. The molecule has 1 aliphatic heterocycles. The quantitative estimate of drug-likeness (QED) is 0.300. The van der Waals surface area contributed by atoms with Gasteiger partial charge in [0.2, 0.25) is 0 Å². The molecule has 1 saturated carbocycles. The van der Waals surface area contributed by atoms with Gasteiger partial charge in [-0.05, 0) is 79.5 Å². The van der Waals surface area contributed by atoms with Crippen molar-refractivity contribution >= 4 is 17.6 Å². The molecule has 1 heterocycles. The molecular weight excluding hydrogens is 512 g/mol. The van der Waals surface area contributed by atoms with Gasteiger partial charge >= 0.3 is 6.09 Å². The Bertz CT molecular complexity index is 1420. The second kappa shape index (κ2) is 12.3. The molecule has 0 atom stereocenters. The molecule has 0 radical (unpaired) electrons. The van der Waals surface area contributed by atoms with Crippen LogP contribution < -0.4 is 0 Å². The lowest BCUT2D eigenvalue weighted by Crippen LogP contribution is -2.44. The Labute approximate surface area is 243 Å². The fourth-order valence-electron chi connectivity index (χ4n) is 5.40. The van der Waals surface area contributed by atoms with Crippen LogP contribution in [0.15, 0.2) is 84.4 Å². The zero-order chi connectivity index (χ0) is 29.0. The van der Waals surface area contributed by atoms with Crippen LogP contribution in [0.5, 0.6) is 0 Å². The first-order valence-electron chi connectivity index (χ1n) is 14.5. The van der Waals surface area contributed by atoms with Gasteiger partial charge in [-0.15, -0.1) is 0 Å². The third-order valence-corrected chi connectivity index (χ3v) is 7.58. The van der Waals surface area contributed by atoms with E-state index in [1.165, 1.54) is 0 Å². The van der Waals surface area contributed by atoms with Gasteiger partial charge in [0.15, 0.2) is 0 Å². The summed E-state index contributed by atoms with van der Waals surface area (Å²) in [7, 11) is 1.69. The fraction of sp³-hybridized carbons (Fsp3) is 0.371. The first-order valence-corrected chi connectivity index (χ1v) is 14.5. The summed E-state index contributed by atoms with van der Waals surface area (Å²) in [5, 5.41) is 0. The number of methoxy groups -OCH3 is 1. The minimum absolute atomic E-state index is 0.00640. The van der Waals surface area contributed by atoms with E-state index in [-0.39, 0.29) is 24.6 Å². The number of amides is 2. The highest BCUT2D eigenvalue weighted by Crippen LogP contribution is 2.36. The number of hydrogen-bond acceptors (Lipinski definition) is 4. The van der Waals surface area contributed by atoms with Crippen molar-refractivity contribution in [2.45, 2.75) is 64.8 Å². The Kier molecular flexibility index (Phi) is 8.60. The van der Waals surface area contributed by atoms with Gasteiger partial charge in [-0.25, -0.2) is 4.79 Å². The Balaban J connectivity index is 1.53. The largest absolute Gasteiger partial charge is 0.444 e. The van der Waals surface area contributed by atoms with Crippen molar-refractivity contribution < 1.29 is 19.1 Å². The third kappa shape index (κ3) is 7.06. The lowest BCUT2D eigenvalue weighted by molar-refractivity contribution is -0.128. The number of nitrogens with zero attached hydrogens (tertiary/aromatic N) is 2. The highest BCUT2D eigenvalue weighted by Gasteiger charge is 2.38. The number of carbonyl (C=O) groups excluding carboxylic acids is 2. The second-order valence-electron chi connectivity index (χ2n) is 11.9. The van der Waals surface area contributed by atoms with Crippen molar-refractivity contribution in [2.75, 3.05) is 20.2 Å². The number of benzene rings is 3. The van der Waals surface area contributed by atoms with E-state index in [1.807, 2.05) is 62.1 Å². The van der Waals surface area contributed by atoms with Crippen LogP contribution in [0, 0.1) is 0 Å². The fourth-order valence-corrected chi connectivity index (χ4v) is 5.40. The van der Waals surface area contributed by atoms with Gasteiger partial charge in [0.05, 0.1) is 13.2 Å². The average molecular weight is 553 g/mol. The maximum absolute atomic E-state index is 14.5. The molecule has 0 bridgehead atoms. The molecule has 0 spiro atoms. The lowest BCUT2D eigenvalue weighted by atomic mass is 9.90. The normalized spacial score (nSPS) is 15.6. The van der Waals surface area contributed by atoms with Crippen LogP contribution in [0.1, 0.15) is 56.7 Å². The summed E-state index contributed by atoms with van der Waals surface area (Å²) in [6, 6.07) is 27.0. The molecule has 0 saturated heterocycles. The minimum Gasteiger partial charge on any atom is -0.444 e. The molecule has 1 aliphatic carbocycles. The van der Waals surface area contributed by atoms with E-state index in [0.29, 0.717) is 31.7 Å². The smallest absolute Gasteiger partial charge is 0.410 e. The molecule has 41 heavy (non-hydrogen) atoms. The molecule has 5 rings (SSSR count). The minimum atomic E-state index is -0.611. The topological polar surface area (TPSA) is 59.1 Å². The summed E-state index contributed by atoms with van der Waals surface area (Å²) in [5.74, 6) is -0.00640. The van der Waals surface area contributed by atoms with Gasteiger partial charge in [-0.2, -0.15) is 0 Å². The van der Waals surface area contributed by atoms with Crippen molar-refractivity contribution in [3.63, 3.8) is 0 Å². The van der Waals surface area contributed by atoms with Crippen LogP contribution in [0.4, 0.5) is 4.79 Å². The van der Waals surface area contributed by atoms with Crippen LogP contribution in [-0.4, -0.2) is 53.6 Å². The summed E-state index contributed by atoms with van der Waals surface area (Å²) in [4.78, 5) is 31.3. The van der Waals surface area contributed by atoms with Crippen molar-refractivity contribution in [1.82, 2.24) is 9.80 Å². The van der Waals surface area contributed by atoms with Gasteiger partial charge in [-0.1, -0.05) is 72.8 Å². The molecule has 2 aliphatic rings. The third-order valence-electron chi connectivity index (χ3n) is 7.58. The average Bonchev–Trinajstić information content (AvgIpc) is 3.81. The van der Waals surface area contributed by atoms with Crippen molar-refractivity contribution in [3.05, 3.63) is 101 Å². The summed E-state index contributed by atoms with van der Waals surface area (Å²) < 4.78 is 11.1. The van der Waals surface area contributed by atoms with E-state index in [9.17, 15) is 9.59 Å². The molecular formula is C35H40N2O4. The van der Waals surface area contributed by atoms with Gasteiger partial charge in [0.25, 0.3) is 5.91 Å². The molecule has 0 N–H and O–H groups in total. The molecule has 2 amide bonds. The SMILES string of the molecule is COCc1ccccc1CN(C(=O)C1=C(c2cccc(-c3ccccc3)c2)CCN(C(=O)OC(C)(C)C)C1)C1CC1. The van der Waals surface area contributed by atoms with Crippen molar-refractivity contribution in [2.24, 2.45) is 0 Å². The van der Waals surface area contributed by atoms with Crippen LogP contribution >= 0.6 is 0 Å². The number of rotatable bonds is 8. The van der Waals surface area contributed by atoms with Gasteiger partial charge in [-0.3, -0.25) is 4.79 Å². The zero-order valence-electron chi connectivity index (χ0n) is 24.6. The van der Waals surface area contributed by atoms with Crippen LogP contribution in [0.3, 0.4) is 0 Å². The first-order chi connectivity index (χ1) is 19.7. The van der Waals surface area contributed by atoms with Crippen molar-refractivity contribution in [1.29, 1.82) is 0 Å². The molecule has 3 aromatic rings. The van der Waals surface area contributed by atoms with Crippen LogP contribution in [-0.2, 0) is 27.4 Å². The van der Waals surface area contributed by atoms with Gasteiger partial charge < -0.3 is 19.3 Å². The van der Waals surface area contributed by atoms with Gasteiger partial charge in [0, 0.05) is 31.8 Å². The standard InChI is InChI=1S/C35H40N2O4/c1-35(2,3)41-34(39)36-20-19-31(27-16-10-15-26(21-27)25-11-6-5-7-12-25)32(23-36)33(38)37(30-17-18-30)22-28-13-8-9-14-29(28)24-40-4/h5-16,21,30H,17-20,22-24H2,1-4H3. The molecule has 0 aromatic heterocycles. The van der Waals surface area contributed by atoms with E-state index in [1.54, 1.807) is 12.0 Å². The Morgan fingerprint density at radius 1 is 0.878 bits per heavy atom. The summed E-state index contributed by atoms with van der Waals surface area (Å²) >= 11 is 0. The lowest BCUT2D eigenvalue weighted by Gasteiger charge is -2.34. The second-order valence-corrected chi connectivity index (χ2v) is 11.9. The predicted octanol–water partition coefficient (Wildman–Crippen LogP) is 7.09. The van der Waals surface area contributed by atoms with Crippen LogP contribution in [0.25, 0.3) is 16.7 Å². The number of ether oxygens (including phenoxy) is 2. The number of hydrogen-bond donors (Lipinski definition) is 0. The predicted molar refractivity (Wildman–Crippen MR) is 162 cm³/mol. The Hall–Kier alpha value is -3.90. The maximum atomic E-state index is 14.5. The Morgan fingerprint density at radius 2 is 1.54 bits per heavy atom. The van der Waals surface area contributed by atoms with E-state index < -0.39 is 5.60 Å². The first kappa shape index (κ1) is 28.6. The molecule has 0 unspecified atom stereocenters. The van der Waals surface area contributed by atoms with Crippen molar-refractivity contribution in [3.8, 4) is 11.1 Å². The molecule has 3 aromatic carbocycles. The number of carbonyl (C=O) groups is 2.